The molecule has 3 atom stereocenters. The van der Waals surface area contributed by atoms with Gasteiger partial charge in [0.1, 0.15) is 11.4 Å². The number of fused-ring (bicyclic) bond motifs is 1. The van der Waals surface area contributed by atoms with Crippen LogP contribution in [0.15, 0.2) is 66.9 Å². The summed E-state index contributed by atoms with van der Waals surface area (Å²) in [5.41, 5.74) is 2.79. The number of aromatic hydroxyl groups is 1. The molecule has 9 heteroatoms. The average molecular weight is 570 g/mol. The van der Waals surface area contributed by atoms with Gasteiger partial charge in [-0.25, -0.2) is 4.79 Å². The van der Waals surface area contributed by atoms with Crippen molar-refractivity contribution < 1.29 is 19.4 Å². The Morgan fingerprint density at radius 3 is 2.36 bits per heavy atom. The van der Waals surface area contributed by atoms with Gasteiger partial charge in [0.2, 0.25) is 5.91 Å². The number of carbonyl (C=O) groups excluding carboxylic acids is 2. The summed E-state index contributed by atoms with van der Waals surface area (Å²) in [4.78, 5) is 29.8. The molecule has 9 nitrogen and oxygen atoms in total. The molecule has 3 aromatic rings. The smallest absolute Gasteiger partial charge is 0.410 e. The molecular weight excluding hydrogens is 530 g/mol. The first-order valence-electron chi connectivity index (χ1n) is 14.8. The molecule has 2 N–H and O–H groups in total. The molecule has 0 radical (unpaired) electrons. The molecule has 2 amide bonds. The summed E-state index contributed by atoms with van der Waals surface area (Å²) in [6.45, 7) is 8.95. The zero-order chi connectivity index (χ0) is 29.5. The lowest BCUT2D eigenvalue weighted by Crippen LogP contribution is -2.49. The number of nitrogens with one attached hydrogen (secondary N) is 1. The molecule has 0 spiro atoms. The lowest BCUT2D eigenvalue weighted by molar-refractivity contribution is -0.123. The van der Waals surface area contributed by atoms with Crippen LogP contribution in [0, 0.1) is 17.8 Å². The first kappa shape index (κ1) is 28.0. The van der Waals surface area contributed by atoms with Crippen LogP contribution in [0.4, 0.5) is 10.5 Å². The zero-order valence-corrected chi connectivity index (χ0v) is 24.5. The zero-order valence-electron chi connectivity index (χ0n) is 24.5. The predicted molar refractivity (Wildman–Crippen MR) is 160 cm³/mol. The van der Waals surface area contributed by atoms with Gasteiger partial charge in [0.05, 0.1) is 17.6 Å². The summed E-state index contributed by atoms with van der Waals surface area (Å²) < 4.78 is 5.51. The molecule has 1 saturated carbocycles. The molecule has 1 aromatic heterocycles. The molecule has 42 heavy (non-hydrogen) atoms. The molecular formula is C33H39N5O4. The number of amides is 2. The van der Waals surface area contributed by atoms with Gasteiger partial charge in [-0.2, -0.15) is 10.2 Å². The third kappa shape index (κ3) is 5.65. The lowest BCUT2D eigenvalue weighted by Gasteiger charge is -2.43. The maximum absolute atomic E-state index is 13.3. The van der Waals surface area contributed by atoms with Crippen molar-refractivity contribution >= 4 is 17.7 Å². The summed E-state index contributed by atoms with van der Waals surface area (Å²) in [6, 6.07) is 19.6. The van der Waals surface area contributed by atoms with Crippen molar-refractivity contribution in [2.75, 3.05) is 37.6 Å². The SMILES string of the molecule is CC(C)(C)OC(=O)N1C[C@@H]2C(C(=O)NCC3(c4ccccc4)CCN(c4cnnc(-c5ccccc5O)c4)CC3)[C@@H]2C1. The predicted octanol–water partition coefficient (Wildman–Crippen LogP) is 4.62. The highest BCUT2D eigenvalue weighted by molar-refractivity contribution is 5.83. The van der Waals surface area contributed by atoms with Crippen LogP contribution >= 0.6 is 0 Å². The third-order valence-corrected chi connectivity index (χ3v) is 9.04. The number of piperidine rings is 2. The van der Waals surface area contributed by atoms with E-state index in [0.29, 0.717) is 30.9 Å². The van der Waals surface area contributed by atoms with Crippen molar-refractivity contribution in [1.29, 1.82) is 0 Å². The number of benzene rings is 2. The highest BCUT2D eigenvalue weighted by Crippen LogP contribution is 2.52. The molecule has 2 saturated heterocycles. The number of phenols is 1. The summed E-state index contributed by atoms with van der Waals surface area (Å²) >= 11 is 0. The molecule has 1 unspecified atom stereocenters. The number of nitrogens with zero attached hydrogens (tertiary/aromatic N) is 4. The van der Waals surface area contributed by atoms with Gasteiger partial charge in [-0.05, 0) is 69.2 Å². The van der Waals surface area contributed by atoms with Gasteiger partial charge >= 0.3 is 6.09 Å². The number of hydrogen-bond donors (Lipinski definition) is 2. The molecule has 3 heterocycles. The fourth-order valence-corrected chi connectivity index (χ4v) is 6.67. The minimum Gasteiger partial charge on any atom is -0.507 e. The number of phenolic OH excluding ortho intramolecular Hbond substituents is 1. The van der Waals surface area contributed by atoms with Crippen LogP contribution in [0.1, 0.15) is 39.2 Å². The van der Waals surface area contributed by atoms with Gasteiger partial charge in [0.15, 0.2) is 0 Å². The van der Waals surface area contributed by atoms with E-state index in [1.807, 2.05) is 45.0 Å². The fraction of sp³-hybridized carbons (Fsp3) is 0.455. The second-order valence-corrected chi connectivity index (χ2v) is 12.9. The summed E-state index contributed by atoms with van der Waals surface area (Å²) in [7, 11) is 0. The molecule has 2 aliphatic heterocycles. The monoisotopic (exact) mass is 569 g/mol. The Morgan fingerprint density at radius 2 is 1.69 bits per heavy atom. The number of hydrogen-bond acceptors (Lipinski definition) is 7. The number of aromatic nitrogens is 2. The van der Waals surface area contributed by atoms with Crippen LogP contribution in [-0.2, 0) is 14.9 Å². The first-order valence-corrected chi connectivity index (χ1v) is 14.8. The third-order valence-electron chi connectivity index (χ3n) is 9.04. The lowest BCUT2D eigenvalue weighted by atomic mass is 9.72. The average Bonchev–Trinajstić information content (AvgIpc) is 3.48. The standard InChI is InChI=1S/C33H39N5O4/c1-32(2,3)42-31(41)38-19-25-26(20-38)29(25)30(40)34-21-33(22-9-5-4-6-10-22)13-15-37(16-14-33)23-17-27(36-35-18-23)24-11-7-8-12-28(24)39/h4-12,17-18,25-26,29,39H,13-16,19-21H2,1-3H3,(H,34,40)/t25-,26+,29?. The number of rotatable bonds is 6. The van der Waals surface area contributed by atoms with E-state index in [2.05, 4.69) is 44.7 Å². The number of ether oxygens (including phenoxy) is 1. The number of anilines is 1. The molecule has 0 bridgehead atoms. The van der Waals surface area contributed by atoms with Gasteiger partial charge in [-0.1, -0.05) is 42.5 Å². The van der Waals surface area contributed by atoms with Crippen LogP contribution < -0.4 is 10.2 Å². The normalized spacial score (nSPS) is 22.8. The Kier molecular flexibility index (Phi) is 7.29. The minimum absolute atomic E-state index is 0.0349. The van der Waals surface area contributed by atoms with Crippen LogP contribution in [0.2, 0.25) is 0 Å². The van der Waals surface area contributed by atoms with Gasteiger partial charge in [0, 0.05) is 49.6 Å². The van der Waals surface area contributed by atoms with Crippen molar-refractivity contribution in [3.05, 3.63) is 72.4 Å². The maximum atomic E-state index is 13.3. The molecule has 220 valence electrons. The van der Waals surface area contributed by atoms with E-state index in [-0.39, 0.29) is 40.9 Å². The van der Waals surface area contributed by atoms with Gasteiger partial charge < -0.3 is 25.0 Å². The van der Waals surface area contributed by atoms with E-state index in [9.17, 15) is 14.7 Å². The number of para-hydroxylation sites is 1. The number of likely N-dealkylation sites (tertiary alicyclic amines) is 1. The second-order valence-electron chi connectivity index (χ2n) is 12.9. The molecule has 3 aliphatic rings. The fourth-order valence-electron chi connectivity index (χ4n) is 6.67. The summed E-state index contributed by atoms with van der Waals surface area (Å²) in [5.74, 6) is 0.664. The topological polar surface area (TPSA) is 108 Å². The summed E-state index contributed by atoms with van der Waals surface area (Å²) in [5, 5.41) is 22.1. The molecule has 2 aromatic carbocycles. The molecule has 3 fully saturated rings. The summed E-state index contributed by atoms with van der Waals surface area (Å²) in [6.07, 6.45) is 3.22. The molecule has 6 rings (SSSR count). The van der Waals surface area contributed by atoms with Crippen molar-refractivity contribution in [2.24, 2.45) is 17.8 Å². The Bertz CT molecular complexity index is 1440. The van der Waals surface area contributed by atoms with Gasteiger partial charge in [0.25, 0.3) is 0 Å². The van der Waals surface area contributed by atoms with Gasteiger partial charge in [-0.15, -0.1) is 0 Å². The van der Waals surface area contributed by atoms with Crippen LogP contribution in [-0.4, -0.2) is 70.5 Å². The van der Waals surface area contributed by atoms with E-state index in [1.54, 1.807) is 23.2 Å². The van der Waals surface area contributed by atoms with Crippen molar-refractivity contribution in [1.82, 2.24) is 20.4 Å². The van der Waals surface area contributed by atoms with E-state index < -0.39 is 5.60 Å². The highest BCUT2D eigenvalue weighted by Gasteiger charge is 2.60. The van der Waals surface area contributed by atoms with Crippen LogP contribution in [0.5, 0.6) is 5.75 Å². The molecule has 1 aliphatic carbocycles. The van der Waals surface area contributed by atoms with Crippen molar-refractivity contribution in [3.8, 4) is 17.0 Å². The first-order chi connectivity index (χ1) is 20.1. The maximum Gasteiger partial charge on any atom is 0.410 e. The Balaban J connectivity index is 1.10. The van der Waals surface area contributed by atoms with Crippen molar-refractivity contribution in [2.45, 2.75) is 44.6 Å². The van der Waals surface area contributed by atoms with Crippen LogP contribution in [0.3, 0.4) is 0 Å². The van der Waals surface area contributed by atoms with Gasteiger partial charge in [-0.3, -0.25) is 4.79 Å². The quantitative estimate of drug-likeness (QED) is 0.446. The van der Waals surface area contributed by atoms with E-state index in [1.165, 1.54) is 5.56 Å². The minimum atomic E-state index is -0.525. The van der Waals surface area contributed by atoms with E-state index in [4.69, 9.17) is 4.74 Å². The Hall–Kier alpha value is -4.14. The second kappa shape index (κ2) is 10.9. The highest BCUT2D eigenvalue weighted by atomic mass is 16.6. The Labute approximate surface area is 246 Å². The van der Waals surface area contributed by atoms with E-state index >= 15 is 0 Å². The Morgan fingerprint density at radius 1 is 1.02 bits per heavy atom. The number of carbonyl (C=O) groups is 2. The largest absolute Gasteiger partial charge is 0.507 e. The van der Waals surface area contributed by atoms with Crippen molar-refractivity contribution in [3.63, 3.8) is 0 Å². The van der Waals surface area contributed by atoms with Crippen LogP contribution in [0.25, 0.3) is 11.3 Å². The van der Waals surface area contributed by atoms with E-state index in [0.717, 1.165) is 31.6 Å².